The molecule has 4 rings (SSSR count). The minimum atomic E-state index is -0.584. The zero-order valence-electron chi connectivity index (χ0n) is 17.6. The van der Waals surface area contributed by atoms with Crippen LogP contribution >= 0.6 is 0 Å². The SMILES string of the molecule is CCC1CCC(O)(C(CN2CCN(C)CC2)c2cccc3ccccc23)CC1. The molecule has 2 aromatic rings. The van der Waals surface area contributed by atoms with E-state index in [4.69, 9.17) is 0 Å². The van der Waals surface area contributed by atoms with Gasteiger partial charge in [-0.1, -0.05) is 55.8 Å². The molecule has 3 nitrogen and oxygen atoms in total. The number of hydrogen-bond donors (Lipinski definition) is 1. The van der Waals surface area contributed by atoms with Crippen molar-refractivity contribution in [1.82, 2.24) is 9.80 Å². The van der Waals surface area contributed by atoms with Crippen LogP contribution in [-0.4, -0.2) is 60.3 Å². The van der Waals surface area contributed by atoms with Crippen molar-refractivity contribution in [3.8, 4) is 0 Å². The number of piperazine rings is 1. The lowest BCUT2D eigenvalue weighted by Gasteiger charge is -2.45. The molecule has 1 saturated carbocycles. The van der Waals surface area contributed by atoms with E-state index in [1.165, 1.54) is 22.8 Å². The van der Waals surface area contributed by atoms with Gasteiger partial charge in [0.15, 0.2) is 0 Å². The van der Waals surface area contributed by atoms with Gasteiger partial charge in [-0.25, -0.2) is 0 Å². The van der Waals surface area contributed by atoms with Crippen LogP contribution in [0.15, 0.2) is 42.5 Å². The van der Waals surface area contributed by atoms with Crippen LogP contribution in [0.25, 0.3) is 10.8 Å². The molecule has 1 unspecified atom stereocenters. The number of aliphatic hydroxyl groups is 1. The van der Waals surface area contributed by atoms with Crippen LogP contribution in [0.1, 0.15) is 50.5 Å². The van der Waals surface area contributed by atoms with Crippen LogP contribution in [0.3, 0.4) is 0 Å². The van der Waals surface area contributed by atoms with Gasteiger partial charge in [-0.3, -0.25) is 0 Å². The van der Waals surface area contributed by atoms with E-state index in [0.29, 0.717) is 0 Å². The summed E-state index contributed by atoms with van der Waals surface area (Å²) >= 11 is 0. The molecule has 1 aliphatic heterocycles. The van der Waals surface area contributed by atoms with Crippen LogP contribution in [0.5, 0.6) is 0 Å². The van der Waals surface area contributed by atoms with E-state index in [1.807, 2.05) is 0 Å². The molecule has 2 fully saturated rings. The van der Waals surface area contributed by atoms with Crippen molar-refractivity contribution in [1.29, 1.82) is 0 Å². The molecule has 0 radical (unpaired) electrons. The predicted octanol–water partition coefficient (Wildman–Crippen LogP) is 4.50. The molecule has 2 aromatic carbocycles. The van der Waals surface area contributed by atoms with E-state index in [-0.39, 0.29) is 5.92 Å². The molecule has 3 heteroatoms. The molecule has 1 saturated heterocycles. The van der Waals surface area contributed by atoms with Crippen molar-refractivity contribution in [2.24, 2.45) is 5.92 Å². The number of rotatable bonds is 5. The number of hydrogen-bond acceptors (Lipinski definition) is 3. The molecule has 1 N–H and O–H groups in total. The van der Waals surface area contributed by atoms with Gasteiger partial charge >= 0.3 is 0 Å². The average Bonchev–Trinajstić information content (AvgIpc) is 2.73. The van der Waals surface area contributed by atoms with Gasteiger partial charge in [-0.15, -0.1) is 0 Å². The summed E-state index contributed by atoms with van der Waals surface area (Å²) in [6.45, 7) is 7.71. The van der Waals surface area contributed by atoms with Gasteiger partial charge in [0.05, 0.1) is 5.60 Å². The van der Waals surface area contributed by atoms with Gasteiger partial charge in [0.1, 0.15) is 0 Å². The Kier molecular flexibility index (Phi) is 6.05. The minimum absolute atomic E-state index is 0.180. The highest BCUT2D eigenvalue weighted by molar-refractivity contribution is 5.86. The monoisotopic (exact) mass is 380 g/mol. The zero-order valence-corrected chi connectivity index (χ0v) is 17.6. The summed E-state index contributed by atoms with van der Waals surface area (Å²) in [5.41, 5.74) is 0.758. The fourth-order valence-electron chi connectivity index (χ4n) is 5.33. The molecule has 1 atom stereocenters. The summed E-state index contributed by atoms with van der Waals surface area (Å²) in [5.74, 6) is 0.969. The zero-order chi connectivity index (χ0) is 19.6. The fraction of sp³-hybridized carbons (Fsp3) is 0.600. The van der Waals surface area contributed by atoms with Crippen LogP contribution in [0.4, 0.5) is 0 Å². The number of benzene rings is 2. The van der Waals surface area contributed by atoms with Gasteiger partial charge in [0.2, 0.25) is 0 Å². The molecule has 1 heterocycles. The number of likely N-dealkylation sites (N-methyl/N-ethyl adjacent to an activating group) is 1. The second-order valence-electron chi connectivity index (χ2n) is 9.18. The van der Waals surface area contributed by atoms with E-state index >= 15 is 0 Å². The van der Waals surface area contributed by atoms with Crippen LogP contribution < -0.4 is 0 Å². The van der Waals surface area contributed by atoms with E-state index in [1.54, 1.807) is 0 Å². The predicted molar refractivity (Wildman–Crippen MR) is 118 cm³/mol. The first-order valence-corrected chi connectivity index (χ1v) is 11.2. The van der Waals surface area contributed by atoms with Crippen molar-refractivity contribution in [3.63, 3.8) is 0 Å². The third-order valence-corrected chi connectivity index (χ3v) is 7.43. The lowest BCUT2D eigenvalue weighted by Crippen LogP contribution is -2.50. The van der Waals surface area contributed by atoms with Gasteiger partial charge < -0.3 is 14.9 Å². The number of fused-ring (bicyclic) bond motifs is 1. The van der Waals surface area contributed by atoms with Crippen LogP contribution in [-0.2, 0) is 0 Å². The van der Waals surface area contributed by atoms with Crippen molar-refractivity contribution in [3.05, 3.63) is 48.0 Å². The van der Waals surface area contributed by atoms with E-state index in [9.17, 15) is 5.11 Å². The maximum Gasteiger partial charge on any atom is 0.0728 e. The summed E-state index contributed by atoms with van der Waals surface area (Å²) in [4.78, 5) is 4.99. The minimum Gasteiger partial charge on any atom is -0.389 e. The Hall–Kier alpha value is -1.42. The van der Waals surface area contributed by atoms with Crippen LogP contribution in [0.2, 0.25) is 0 Å². The molecule has 0 spiro atoms. The molecule has 0 aromatic heterocycles. The molecular weight excluding hydrogens is 344 g/mol. The molecule has 2 aliphatic rings. The Balaban J connectivity index is 1.67. The smallest absolute Gasteiger partial charge is 0.0728 e. The van der Waals surface area contributed by atoms with Gasteiger partial charge in [-0.2, -0.15) is 0 Å². The first kappa shape index (κ1) is 19.9. The second-order valence-corrected chi connectivity index (χ2v) is 9.18. The van der Waals surface area contributed by atoms with Gasteiger partial charge in [-0.05, 0) is 55.0 Å². The maximum absolute atomic E-state index is 11.9. The topological polar surface area (TPSA) is 26.7 Å². The Morgan fingerprint density at radius 3 is 2.39 bits per heavy atom. The van der Waals surface area contributed by atoms with Crippen molar-refractivity contribution in [2.75, 3.05) is 39.8 Å². The quantitative estimate of drug-likeness (QED) is 0.827. The number of nitrogens with zero attached hydrogens (tertiary/aromatic N) is 2. The third-order valence-electron chi connectivity index (χ3n) is 7.43. The van der Waals surface area contributed by atoms with Crippen molar-refractivity contribution >= 4 is 10.8 Å². The first-order valence-electron chi connectivity index (χ1n) is 11.2. The van der Waals surface area contributed by atoms with E-state index in [0.717, 1.165) is 64.3 Å². The molecule has 152 valence electrons. The second kappa shape index (κ2) is 8.52. The fourth-order valence-corrected chi connectivity index (χ4v) is 5.33. The lowest BCUT2D eigenvalue weighted by atomic mass is 9.68. The first-order chi connectivity index (χ1) is 13.6. The maximum atomic E-state index is 11.9. The van der Waals surface area contributed by atoms with Gasteiger partial charge in [0, 0.05) is 38.6 Å². The summed E-state index contributed by atoms with van der Waals surface area (Å²) in [5, 5.41) is 14.5. The summed E-state index contributed by atoms with van der Waals surface area (Å²) in [6.07, 6.45) is 5.45. The normalized spacial score (nSPS) is 28.5. The Morgan fingerprint density at radius 2 is 1.68 bits per heavy atom. The highest BCUT2D eigenvalue weighted by Crippen LogP contribution is 2.44. The van der Waals surface area contributed by atoms with E-state index < -0.39 is 5.60 Å². The summed E-state index contributed by atoms with van der Waals surface area (Å²) < 4.78 is 0. The van der Waals surface area contributed by atoms with Crippen molar-refractivity contribution < 1.29 is 5.11 Å². The average molecular weight is 381 g/mol. The molecule has 0 bridgehead atoms. The largest absolute Gasteiger partial charge is 0.389 e. The molecule has 0 amide bonds. The van der Waals surface area contributed by atoms with Crippen molar-refractivity contribution in [2.45, 2.75) is 50.5 Å². The Labute approximate surface area is 170 Å². The summed E-state index contributed by atoms with van der Waals surface area (Å²) in [7, 11) is 2.21. The van der Waals surface area contributed by atoms with Gasteiger partial charge in [0.25, 0.3) is 0 Å². The molecule has 1 aliphatic carbocycles. The molecular formula is C25H36N2O. The molecule has 28 heavy (non-hydrogen) atoms. The van der Waals surface area contributed by atoms with Crippen LogP contribution in [0, 0.1) is 5.92 Å². The Bertz CT molecular complexity index is 768. The highest BCUT2D eigenvalue weighted by Gasteiger charge is 2.42. The summed E-state index contributed by atoms with van der Waals surface area (Å²) in [6, 6.07) is 15.3. The standard InChI is InChI=1S/C25H36N2O/c1-3-20-11-13-25(28,14-12-20)24(19-27-17-15-26(2)16-18-27)23-10-6-8-21-7-4-5-9-22(21)23/h4-10,20,24,28H,3,11-19H2,1-2H3. The third kappa shape index (κ3) is 4.12. The van der Waals surface area contributed by atoms with E-state index in [2.05, 4.69) is 66.2 Å². The Morgan fingerprint density at radius 1 is 1.00 bits per heavy atom. The highest BCUT2D eigenvalue weighted by atomic mass is 16.3. The lowest BCUT2D eigenvalue weighted by molar-refractivity contribution is -0.0439.